The van der Waals surface area contributed by atoms with E-state index in [-0.39, 0.29) is 0 Å². The van der Waals surface area contributed by atoms with Gasteiger partial charge in [-0.2, -0.15) is 15.3 Å². The molecule has 0 radical (unpaired) electrons. The molecular formula is C20H22ClN7. The Kier molecular flexibility index (Phi) is 3.84. The molecule has 7 nitrogen and oxygen atoms in total. The smallest absolute Gasteiger partial charge is 0.158 e. The topological polar surface area (TPSA) is 65.8 Å². The molecule has 2 atom stereocenters. The molecule has 0 bridgehead atoms. The predicted octanol–water partition coefficient (Wildman–Crippen LogP) is 3.89. The van der Waals surface area contributed by atoms with E-state index in [4.69, 9.17) is 21.7 Å². The highest BCUT2D eigenvalue weighted by atomic mass is 35.5. The van der Waals surface area contributed by atoms with Gasteiger partial charge in [0.15, 0.2) is 10.8 Å². The van der Waals surface area contributed by atoms with Crippen molar-refractivity contribution in [3.63, 3.8) is 0 Å². The van der Waals surface area contributed by atoms with Crippen molar-refractivity contribution < 1.29 is 0 Å². The summed E-state index contributed by atoms with van der Waals surface area (Å²) in [6.07, 6.45) is 4.93. The van der Waals surface area contributed by atoms with Crippen molar-refractivity contribution >= 4 is 17.2 Å². The average Bonchev–Trinajstić information content (AvgIpc) is 2.99. The lowest BCUT2D eigenvalue weighted by Crippen LogP contribution is -2.03. The lowest BCUT2D eigenvalue weighted by atomic mass is 10.1. The monoisotopic (exact) mass is 395 g/mol. The summed E-state index contributed by atoms with van der Waals surface area (Å²) < 4.78 is 5.70. The van der Waals surface area contributed by atoms with Crippen molar-refractivity contribution in [3.05, 3.63) is 52.2 Å². The number of hydrogen-bond donors (Lipinski definition) is 0. The Morgan fingerprint density at radius 1 is 1.18 bits per heavy atom. The van der Waals surface area contributed by atoms with E-state index in [2.05, 4.69) is 36.2 Å². The zero-order valence-corrected chi connectivity index (χ0v) is 17.1. The zero-order chi connectivity index (χ0) is 19.6. The van der Waals surface area contributed by atoms with Gasteiger partial charge < -0.3 is 0 Å². The van der Waals surface area contributed by atoms with E-state index in [1.165, 1.54) is 0 Å². The van der Waals surface area contributed by atoms with Gasteiger partial charge in [0.25, 0.3) is 0 Å². The Hall–Kier alpha value is -2.67. The molecule has 1 aliphatic carbocycles. The molecule has 0 N–H and O–H groups in total. The number of hydrogen-bond acceptors (Lipinski definition) is 4. The van der Waals surface area contributed by atoms with Crippen molar-refractivity contribution in [2.24, 2.45) is 7.05 Å². The molecule has 8 heteroatoms. The Bertz CT molecular complexity index is 1200. The molecule has 0 amide bonds. The van der Waals surface area contributed by atoms with Gasteiger partial charge in [0.2, 0.25) is 0 Å². The molecule has 5 rings (SSSR count). The highest BCUT2D eigenvalue weighted by Crippen LogP contribution is 2.55. The molecule has 4 aromatic rings. The Balaban J connectivity index is 1.53. The van der Waals surface area contributed by atoms with Gasteiger partial charge in [0, 0.05) is 42.5 Å². The Labute approximate surface area is 168 Å². The number of rotatable bonds is 4. The molecule has 1 fully saturated rings. The first-order valence-electron chi connectivity index (χ1n) is 9.55. The van der Waals surface area contributed by atoms with E-state index in [0.29, 0.717) is 17.0 Å². The Morgan fingerprint density at radius 2 is 2.00 bits per heavy atom. The van der Waals surface area contributed by atoms with E-state index in [9.17, 15) is 0 Å². The first-order valence-corrected chi connectivity index (χ1v) is 9.93. The molecule has 0 aliphatic heterocycles. The van der Waals surface area contributed by atoms with Gasteiger partial charge in [0.1, 0.15) is 0 Å². The first-order chi connectivity index (χ1) is 13.5. The van der Waals surface area contributed by atoms with Gasteiger partial charge in [-0.1, -0.05) is 11.6 Å². The minimum Gasteiger partial charge on any atom is -0.274 e. The van der Waals surface area contributed by atoms with Crippen LogP contribution in [0.1, 0.15) is 47.7 Å². The maximum Gasteiger partial charge on any atom is 0.158 e. The lowest BCUT2D eigenvalue weighted by Gasteiger charge is -2.07. The summed E-state index contributed by atoms with van der Waals surface area (Å²) in [7, 11) is 1.90. The summed E-state index contributed by atoms with van der Waals surface area (Å²) in [6.45, 7) is 7.00. The molecule has 4 heterocycles. The van der Waals surface area contributed by atoms with Crippen LogP contribution < -0.4 is 0 Å². The SMILES string of the molecule is CCn1nc(C2CC2c2cn(C)nc2Cl)cc1-c1cc(C)n2ncc(C)c2n1. The summed E-state index contributed by atoms with van der Waals surface area (Å²) in [5.74, 6) is 0.776. The van der Waals surface area contributed by atoms with Gasteiger partial charge in [-0.05, 0) is 45.2 Å². The van der Waals surface area contributed by atoms with Gasteiger partial charge in [-0.3, -0.25) is 9.36 Å². The standard InChI is InChI=1S/C20H22ClN7/c1-5-27-18(17-6-12(3)28-20(23-17)11(2)9-22-28)8-16(24-27)14-7-13(14)15-10-26(4)25-19(15)21/h6,8-10,13-14H,5,7H2,1-4H3. The minimum atomic E-state index is 0.384. The third kappa shape index (κ3) is 2.64. The van der Waals surface area contributed by atoms with Crippen molar-refractivity contribution in [2.45, 2.75) is 45.6 Å². The van der Waals surface area contributed by atoms with Crippen LogP contribution in [0.25, 0.3) is 17.0 Å². The Morgan fingerprint density at radius 3 is 2.71 bits per heavy atom. The summed E-state index contributed by atoms with van der Waals surface area (Å²) in [6, 6.07) is 4.26. The van der Waals surface area contributed by atoms with E-state index in [1.807, 2.05) is 35.6 Å². The van der Waals surface area contributed by atoms with Crippen LogP contribution in [0.2, 0.25) is 5.15 Å². The van der Waals surface area contributed by atoms with Gasteiger partial charge in [-0.15, -0.1) is 0 Å². The van der Waals surface area contributed by atoms with Crippen molar-refractivity contribution in [2.75, 3.05) is 0 Å². The van der Waals surface area contributed by atoms with Crippen LogP contribution in [-0.2, 0) is 13.6 Å². The third-order valence-electron chi connectivity index (χ3n) is 5.57. The molecule has 2 unspecified atom stereocenters. The molecule has 1 saturated carbocycles. The number of halogens is 1. The van der Waals surface area contributed by atoms with E-state index >= 15 is 0 Å². The fourth-order valence-corrected chi connectivity index (χ4v) is 4.32. The summed E-state index contributed by atoms with van der Waals surface area (Å²) in [5, 5.41) is 14.2. The molecule has 0 spiro atoms. The highest BCUT2D eigenvalue weighted by molar-refractivity contribution is 6.30. The lowest BCUT2D eigenvalue weighted by molar-refractivity contribution is 0.651. The van der Waals surface area contributed by atoms with E-state index in [0.717, 1.165) is 52.5 Å². The molecule has 4 aromatic heterocycles. The van der Waals surface area contributed by atoms with Crippen molar-refractivity contribution in [1.29, 1.82) is 0 Å². The normalized spacial score (nSPS) is 18.9. The number of aromatic nitrogens is 7. The summed E-state index contributed by atoms with van der Waals surface area (Å²) in [5.41, 5.74) is 7.23. The number of aryl methyl sites for hydroxylation is 4. The van der Waals surface area contributed by atoms with Crippen LogP contribution in [0.5, 0.6) is 0 Å². The van der Waals surface area contributed by atoms with E-state index in [1.54, 1.807) is 4.68 Å². The maximum absolute atomic E-state index is 6.29. The van der Waals surface area contributed by atoms with Gasteiger partial charge in [-0.25, -0.2) is 9.50 Å². The molecule has 0 saturated heterocycles. The second-order valence-corrected chi connectivity index (χ2v) is 7.97. The first kappa shape index (κ1) is 17.4. The van der Waals surface area contributed by atoms with Crippen molar-refractivity contribution in [3.8, 4) is 11.4 Å². The molecular weight excluding hydrogens is 374 g/mol. The molecule has 144 valence electrons. The van der Waals surface area contributed by atoms with Crippen molar-refractivity contribution in [1.82, 2.24) is 34.2 Å². The van der Waals surface area contributed by atoms with Crippen LogP contribution in [0, 0.1) is 13.8 Å². The second-order valence-electron chi connectivity index (χ2n) is 7.61. The third-order valence-corrected chi connectivity index (χ3v) is 5.86. The van der Waals surface area contributed by atoms with Gasteiger partial charge in [0.05, 0.1) is 23.3 Å². The number of nitrogens with zero attached hydrogens (tertiary/aromatic N) is 7. The molecule has 0 aromatic carbocycles. The predicted molar refractivity (Wildman–Crippen MR) is 108 cm³/mol. The zero-order valence-electron chi connectivity index (χ0n) is 16.4. The fourth-order valence-electron chi connectivity index (χ4n) is 4.01. The van der Waals surface area contributed by atoms with E-state index < -0.39 is 0 Å². The molecule has 1 aliphatic rings. The van der Waals surface area contributed by atoms with Crippen LogP contribution >= 0.6 is 11.6 Å². The van der Waals surface area contributed by atoms with Crippen LogP contribution in [0.3, 0.4) is 0 Å². The maximum atomic E-state index is 6.29. The fraction of sp³-hybridized carbons (Fsp3) is 0.400. The van der Waals surface area contributed by atoms with Crippen LogP contribution in [0.4, 0.5) is 0 Å². The summed E-state index contributed by atoms with van der Waals surface area (Å²) in [4.78, 5) is 4.87. The highest BCUT2D eigenvalue weighted by Gasteiger charge is 2.43. The van der Waals surface area contributed by atoms with Crippen LogP contribution in [0.15, 0.2) is 24.5 Å². The quantitative estimate of drug-likeness (QED) is 0.525. The number of fused-ring (bicyclic) bond motifs is 1. The second kappa shape index (κ2) is 6.17. The van der Waals surface area contributed by atoms with Gasteiger partial charge >= 0.3 is 0 Å². The average molecular weight is 396 g/mol. The largest absolute Gasteiger partial charge is 0.274 e. The van der Waals surface area contributed by atoms with Crippen LogP contribution in [-0.4, -0.2) is 34.2 Å². The minimum absolute atomic E-state index is 0.384. The molecule has 28 heavy (non-hydrogen) atoms. The summed E-state index contributed by atoms with van der Waals surface area (Å²) >= 11 is 6.29.